The van der Waals surface area contributed by atoms with Crippen LogP contribution in [0.15, 0.2) is 42.5 Å². The smallest absolute Gasteiger partial charge is 0.338 e. The lowest BCUT2D eigenvalue weighted by atomic mass is 9.91. The summed E-state index contributed by atoms with van der Waals surface area (Å²) >= 11 is 0. The van der Waals surface area contributed by atoms with E-state index in [1.165, 1.54) is 5.56 Å². The Bertz CT molecular complexity index is 775. The standard InChI is InChI=1S/C21H22O3/c1-4-23-21(22)19-13-17-11-10-14(2)24-20(17)18(15(19)3)12-16-8-6-5-7-9-16/h5-11,13-14H,4,12H2,1-3H3. The molecule has 1 aliphatic heterocycles. The van der Waals surface area contributed by atoms with Gasteiger partial charge in [0, 0.05) is 17.5 Å². The van der Waals surface area contributed by atoms with Gasteiger partial charge < -0.3 is 9.47 Å². The van der Waals surface area contributed by atoms with Gasteiger partial charge in [-0.2, -0.15) is 0 Å². The normalized spacial score (nSPS) is 15.5. The number of carbonyl (C=O) groups is 1. The summed E-state index contributed by atoms with van der Waals surface area (Å²) in [5.74, 6) is 0.596. The van der Waals surface area contributed by atoms with Crippen molar-refractivity contribution in [2.24, 2.45) is 0 Å². The highest BCUT2D eigenvalue weighted by molar-refractivity contribution is 5.93. The number of hydrogen-bond donors (Lipinski definition) is 0. The van der Waals surface area contributed by atoms with Gasteiger partial charge in [0.25, 0.3) is 0 Å². The molecule has 0 saturated heterocycles. The molecule has 124 valence electrons. The molecule has 0 aromatic heterocycles. The first-order valence-electron chi connectivity index (χ1n) is 8.32. The van der Waals surface area contributed by atoms with Crippen molar-refractivity contribution in [3.8, 4) is 5.75 Å². The molecule has 1 aliphatic rings. The monoisotopic (exact) mass is 322 g/mol. The number of carbonyl (C=O) groups excluding carboxylic acids is 1. The first-order valence-corrected chi connectivity index (χ1v) is 8.32. The number of hydrogen-bond acceptors (Lipinski definition) is 3. The lowest BCUT2D eigenvalue weighted by Gasteiger charge is -2.24. The van der Waals surface area contributed by atoms with Crippen LogP contribution in [0.2, 0.25) is 0 Å². The van der Waals surface area contributed by atoms with Gasteiger partial charge in [0.15, 0.2) is 0 Å². The van der Waals surface area contributed by atoms with Crippen LogP contribution in [0, 0.1) is 6.92 Å². The molecular weight excluding hydrogens is 300 g/mol. The lowest BCUT2D eigenvalue weighted by Crippen LogP contribution is -2.17. The maximum absolute atomic E-state index is 12.3. The number of ether oxygens (including phenoxy) is 2. The van der Waals surface area contributed by atoms with Crippen LogP contribution in [-0.2, 0) is 11.2 Å². The molecule has 0 radical (unpaired) electrons. The van der Waals surface area contributed by atoms with Gasteiger partial charge in [-0.1, -0.05) is 36.4 Å². The van der Waals surface area contributed by atoms with Gasteiger partial charge in [0.1, 0.15) is 11.9 Å². The Hall–Kier alpha value is -2.55. The first kappa shape index (κ1) is 16.3. The van der Waals surface area contributed by atoms with E-state index < -0.39 is 0 Å². The van der Waals surface area contributed by atoms with Crippen molar-refractivity contribution in [3.05, 3.63) is 70.3 Å². The van der Waals surface area contributed by atoms with E-state index in [0.717, 1.165) is 28.9 Å². The van der Waals surface area contributed by atoms with Gasteiger partial charge in [-0.3, -0.25) is 0 Å². The minimum absolute atomic E-state index is 0.0277. The number of rotatable bonds is 4. The molecule has 3 heteroatoms. The second-order valence-electron chi connectivity index (χ2n) is 6.01. The van der Waals surface area contributed by atoms with Gasteiger partial charge in [0.2, 0.25) is 0 Å². The number of esters is 1. The largest absolute Gasteiger partial charge is 0.486 e. The first-order chi connectivity index (χ1) is 11.6. The highest BCUT2D eigenvalue weighted by atomic mass is 16.5. The third-order valence-electron chi connectivity index (χ3n) is 4.26. The summed E-state index contributed by atoms with van der Waals surface area (Å²) < 4.78 is 11.3. The molecule has 0 spiro atoms. The Kier molecular flexibility index (Phi) is 4.70. The maximum Gasteiger partial charge on any atom is 0.338 e. The Morgan fingerprint density at radius 3 is 2.71 bits per heavy atom. The van der Waals surface area contributed by atoms with Crippen molar-refractivity contribution in [2.75, 3.05) is 6.61 Å². The zero-order chi connectivity index (χ0) is 17.1. The lowest BCUT2D eigenvalue weighted by molar-refractivity contribution is 0.0525. The molecule has 0 saturated carbocycles. The highest BCUT2D eigenvalue weighted by Gasteiger charge is 2.23. The molecule has 3 rings (SSSR count). The molecule has 0 fully saturated rings. The maximum atomic E-state index is 12.3. The van der Waals surface area contributed by atoms with Crippen LogP contribution in [0.1, 0.15) is 46.5 Å². The third kappa shape index (κ3) is 3.21. The molecule has 1 unspecified atom stereocenters. The predicted molar refractivity (Wildman–Crippen MR) is 95.5 cm³/mol. The SMILES string of the molecule is CCOC(=O)c1cc2c(c(Cc3ccccc3)c1C)OC(C)C=C2. The minimum Gasteiger partial charge on any atom is -0.486 e. The van der Waals surface area contributed by atoms with Crippen LogP contribution >= 0.6 is 0 Å². The van der Waals surface area contributed by atoms with E-state index in [1.54, 1.807) is 0 Å². The van der Waals surface area contributed by atoms with E-state index in [0.29, 0.717) is 12.2 Å². The molecule has 1 atom stereocenters. The van der Waals surface area contributed by atoms with E-state index >= 15 is 0 Å². The number of fused-ring (bicyclic) bond motifs is 1. The summed E-state index contributed by atoms with van der Waals surface area (Å²) in [7, 11) is 0. The average Bonchev–Trinajstić information content (AvgIpc) is 2.58. The summed E-state index contributed by atoms with van der Waals surface area (Å²) in [5, 5.41) is 0. The zero-order valence-corrected chi connectivity index (χ0v) is 14.3. The summed E-state index contributed by atoms with van der Waals surface area (Å²) in [6.45, 7) is 6.17. The van der Waals surface area contributed by atoms with E-state index in [9.17, 15) is 4.79 Å². The molecular formula is C21H22O3. The third-order valence-corrected chi connectivity index (χ3v) is 4.26. The van der Waals surface area contributed by atoms with E-state index in [2.05, 4.69) is 12.1 Å². The quantitative estimate of drug-likeness (QED) is 0.774. The van der Waals surface area contributed by atoms with E-state index in [4.69, 9.17) is 9.47 Å². The van der Waals surface area contributed by atoms with Crippen LogP contribution in [0.5, 0.6) is 5.75 Å². The molecule has 0 N–H and O–H groups in total. The van der Waals surface area contributed by atoms with Crippen molar-refractivity contribution in [2.45, 2.75) is 33.3 Å². The molecule has 2 aromatic rings. The van der Waals surface area contributed by atoms with Crippen molar-refractivity contribution >= 4 is 12.0 Å². The summed E-state index contributed by atoms with van der Waals surface area (Å²) in [4.78, 5) is 12.3. The second kappa shape index (κ2) is 6.91. The van der Waals surface area contributed by atoms with E-state index in [-0.39, 0.29) is 12.1 Å². The van der Waals surface area contributed by atoms with Gasteiger partial charge in [-0.05, 0) is 44.0 Å². The fourth-order valence-corrected chi connectivity index (χ4v) is 3.00. The van der Waals surface area contributed by atoms with Gasteiger partial charge in [-0.25, -0.2) is 4.79 Å². The van der Waals surface area contributed by atoms with Crippen LogP contribution in [0.4, 0.5) is 0 Å². The highest BCUT2D eigenvalue weighted by Crippen LogP contribution is 2.36. The van der Waals surface area contributed by atoms with Crippen molar-refractivity contribution < 1.29 is 14.3 Å². The van der Waals surface area contributed by atoms with Gasteiger partial charge in [-0.15, -0.1) is 0 Å². The summed E-state index contributed by atoms with van der Waals surface area (Å²) in [6, 6.07) is 12.1. The second-order valence-corrected chi connectivity index (χ2v) is 6.01. The van der Waals surface area contributed by atoms with E-state index in [1.807, 2.05) is 57.2 Å². The van der Waals surface area contributed by atoms with Gasteiger partial charge in [0.05, 0.1) is 12.2 Å². The fourth-order valence-electron chi connectivity index (χ4n) is 3.00. The summed E-state index contributed by atoms with van der Waals surface area (Å²) in [6.07, 6.45) is 4.78. The van der Waals surface area contributed by atoms with Crippen LogP contribution in [0.3, 0.4) is 0 Å². The van der Waals surface area contributed by atoms with Crippen molar-refractivity contribution in [1.29, 1.82) is 0 Å². The van der Waals surface area contributed by atoms with Crippen molar-refractivity contribution in [1.82, 2.24) is 0 Å². The number of benzene rings is 2. The van der Waals surface area contributed by atoms with Crippen LogP contribution in [-0.4, -0.2) is 18.7 Å². The summed E-state index contributed by atoms with van der Waals surface area (Å²) in [5.41, 5.74) is 4.73. The van der Waals surface area contributed by atoms with Gasteiger partial charge >= 0.3 is 5.97 Å². The molecule has 1 heterocycles. The predicted octanol–water partition coefficient (Wildman–Crippen LogP) is 4.56. The molecule has 3 nitrogen and oxygen atoms in total. The molecule has 2 aromatic carbocycles. The van der Waals surface area contributed by atoms with Crippen LogP contribution < -0.4 is 4.74 Å². The van der Waals surface area contributed by atoms with Crippen molar-refractivity contribution in [3.63, 3.8) is 0 Å². The average molecular weight is 322 g/mol. The van der Waals surface area contributed by atoms with Crippen LogP contribution in [0.25, 0.3) is 6.08 Å². The Labute approximate surface area is 142 Å². The minimum atomic E-state index is -0.279. The topological polar surface area (TPSA) is 35.5 Å². The Balaban J connectivity index is 2.12. The Morgan fingerprint density at radius 2 is 2.00 bits per heavy atom. The molecule has 0 aliphatic carbocycles. The zero-order valence-electron chi connectivity index (χ0n) is 14.3. The Morgan fingerprint density at radius 1 is 1.25 bits per heavy atom. The molecule has 0 amide bonds. The fraction of sp³-hybridized carbons (Fsp3) is 0.286. The molecule has 0 bridgehead atoms. The molecule has 24 heavy (non-hydrogen) atoms.